The number of hydrogen-bond acceptors (Lipinski definition) is 1. The molecule has 0 aliphatic heterocycles. The third-order valence-corrected chi connectivity index (χ3v) is 14.9. The Morgan fingerprint density at radius 3 is 1.01 bits per heavy atom. The predicted molar refractivity (Wildman–Crippen MR) is 296 cm³/mol. The molecular formula is C67H48F3N3. The zero-order chi connectivity index (χ0) is 50.3. The first-order chi connectivity index (χ1) is 35.4. The van der Waals surface area contributed by atoms with Crippen molar-refractivity contribution in [3.63, 3.8) is 0 Å². The molecule has 73 heavy (non-hydrogen) atoms. The van der Waals surface area contributed by atoms with Gasteiger partial charge in [0.05, 0.1) is 50.6 Å². The van der Waals surface area contributed by atoms with Crippen molar-refractivity contribution in [2.45, 2.75) is 40.8 Å². The van der Waals surface area contributed by atoms with E-state index in [0.717, 1.165) is 116 Å². The SMILES string of the molecule is Cc1ccccc1-c1ccc2c3ccc(-c4ccccc4C)cc3n(-c3cc(C#N)c(-c4c(C)cccc4C(F)(F)F)cc3-n3c4cc(-c5ccccc5C)ccc4c4ccc(-c5ccccc5C)cc43)c2c1. The molecule has 0 amide bonds. The second kappa shape index (κ2) is 17.4. The second-order valence-corrected chi connectivity index (χ2v) is 19.4. The van der Waals surface area contributed by atoms with E-state index >= 15 is 13.2 Å². The molecule has 12 aromatic rings. The van der Waals surface area contributed by atoms with Crippen LogP contribution in [0.25, 0.3) is 111 Å². The van der Waals surface area contributed by atoms with Crippen LogP contribution in [0, 0.1) is 45.9 Å². The van der Waals surface area contributed by atoms with Crippen LogP contribution in [0.1, 0.15) is 38.9 Å². The Balaban J connectivity index is 1.29. The van der Waals surface area contributed by atoms with Crippen molar-refractivity contribution in [2.24, 2.45) is 0 Å². The molecule has 2 heterocycles. The summed E-state index contributed by atoms with van der Waals surface area (Å²) in [6.07, 6.45) is -4.70. The van der Waals surface area contributed by atoms with Crippen molar-refractivity contribution in [2.75, 3.05) is 0 Å². The number of rotatable bonds is 7. The largest absolute Gasteiger partial charge is 0.417 e. The summed E-state index contributed by atoms with van der Waals surface area (Å²) in [5.41, 5.74) is 17.6. The van der Waals surface area contributed by atoms with Gasteiger partial charge in [-0.25, -0.2) is 0 Å². The summed E-state index contributed by atoms with van der Waals surface area (Å²) < 4.78 is 50.6. The van der Waals surface area contributed by atoms with E-state index in [1.54, 1.807) is 13.0 Å². The minimum atomic E-state index is -4.70. The first-order valence-corrected chi connectivity index (χ1v) is 24.5. The molecule has 2 aromatic heterocycles. The van der Waals surface area contributed by atoms with Crippen LogP contribution in [0.15, 0.2) is 200 Å². The van der Waals surface area contributed by atoms with Gasteiger partial charge in [0.1, 0.15) is 0 Å². The first kappa shape index (κ1) is 45.2. The highest BCUT2D eigenvalue weighted by atomic mass is 19.4. The molecule has 0 fully saturated rings. The topological polar surface area (TPSA) is 33.6 Å². The molecular weight excluding hydrogens is 904 g/mol. The molecule has 3 nitrogen and oxygen atoms in total. The second-order valence-electron chi connectivity index (χ2n) is 19.4. The van der Waals surface area contributed by atoms with Gasteiger partial charge < -0.3 is 9.13 Å². The van der Waals surface area contributed by atoms with Crippen LogP contribution in [0.4, 0.5) is 13.2 Å². The van der Waals surface area contributed by atoms with Crippen molar-refractivity contribution in [1.29, 1.82) is 5.26 Å². The van der Waals surface area contributed by atoms with E-state index in [2.05, 4.69) is 164 Å². The lowest BCUT2D eigenvalue weighted by molar-refractivity contribution is -0.137. The van der Waals surface area contributed by atoms with Crippen LogP contribution in [0.5, 0.6) is 0 Å². The average molecular weight is 952 g/mol. The van der Waals surface area contributed by atoms with Gasteiger partial charge in [0, 0.05) is 27.1 Å². The summed E-state index contributed by atoms with van der Waals surface area (Å²) in [4.78, 5) is 0. The van der Waals surface area contributed by atoms with E-state index in [0.29, 0.717) is 16.9 Å². The van der Waals surface area contributed by atoms with Crippen molar-refractivity contribution in [3.8, 4) is 73.1 Å². The van der Waals surface area contributed by atoms with E-state index < -0.39 is 11.7 Å². The molecule has 0 aliphatic carbocycles. The van der Waals surface area contributed by atoms with Crippen LogP contribution in [-0.2, 0) is 6.18 Å². The average Bonchev–Trinajstić information content (AvgIpc) is 3.89. The Hall–Kier alpha value is -8.92. The number of benzene rings is 10. The maximum Gasteiger partial charge on any atom is 0.417 e. The molecule has 0 N–H and O–H groups in total. The van der Waals surface area contributed by atoms with Crippen molar-refractivity contribution >= 4 is 43.6 Å². The lowest BCUT2D eigenvalue weighted by atomic mass is 9.90. The maximum atomic E-state index is 15.4. The predicted octanol–water partition coefficient (Wildman–Crippen LogP) is 18.6. The number of halogens is 3. The zero-order valence-corrected chi connectivity index (χ0v) is 41.0. The molecule has 0 saturated carbocycles. The molecule has 12 rings (SSSR count). The monoisotopic (exact) mass is 951 g/mol. The number of hydrogen-bond donors (Lipinski definition) is 0. The van der Waals surface area contributed by atoms with E-state index in [1.807, 2.05) is 60.7 Å². The lowest BCUT2D eigenvalue weighted by Crippen LogP contribution is -2.10. The Labute approximate surface area is 422 Å². The molecule has 0 atom stereocenters. The van der Waals surface area contributed by atoms with Gasteiger partial charge >= 0.3 is 6.18 Å². The first-order valence-electron chi connectivity index (χ1n) is 24.5. The molecule has 6 heteroatoms. The number of nitrogens with zero attached hydrogens (tertiary/aromatic N) is 3. The highest BCUT2D eigenvalue weighted by Crippen LogP contribution is 2.47. The van der Waals surface area contributed by atoms with E-state index in [9.17, 15) is 5.26 Å². The molecule has 10 aromatic carbocycles. The quantitative estimate of drug-likeness (QED) is 0.157. The van der Waals surface area contributed by atoms with Gasteiger partial charge in [-0.3, -0.25) is 0 Å². The number of aromatic nitrogens is 2. The lowest BCUT2D eigenvalue weighted by Gasteiger charge is -2.22. The third kappa shape index (κ3) is 7.51. The standard InChI is InChI=1S/C67H48F3N3/c1-40-15-6-10-20-50(40)45-25-29-54-55-30-26-46(51-21-11-7-16-41(51)2)34-61(55)72(60(54)33-45)64-37-49(39-71)58(66-44(5)19-14-24-59(66)67(68,69)70)38-65(64)73-62-35-47(52-22-12-8-17-42(52)3)27-31-56(62)57-32-28-48(36-63(57)73)53-23-13-9-18-43(53)4/h6-38H,1-5H3. The van der Waals surface area contributed by atoms with Crippen LogP contribution in [0.3, 0.4) is 0 Å². The van der Waals surface area contributed by atoms with Crippen LogP contribution in [0.2, 0.25) is 0 Å². The third-order valence-electron chi connectivity index (χ3n) is 14.9. The van der Waals surface area contributed by atoms with E-state index in [1.165, 1.54) is 6.07 Å². The Kier molecular flexibility index (Phi) is 10.8. The zero-order valence-electron chi connectivity index (χ0n) is 41.0. The summed E-state index contributed by atoms with van der Waals surface area (Å²) in [6, 6.07) is 69.8. The fraction of sp³-hybridized carbons (Fsp3) is 0.0896. The normalized spacial score (nSPS) is 11.8. The number of aryl methyl sites for hydroxylation is 5. The Morgan fingerprint density at radius 1 is 0.356 bits per heavy atom. The van der Waals surface area contributed by atoms with Gasteiger partial charge in [0.25, 0.3) is 0 Å². The molecule has 0 bridgehead atoms. The smallest absolute Gasteiger partial charge is 0.307 e. The highest BCUT2D eigenvalue weighted by Gasteiger charge is 2.35. The molecule has 0 spiro atoms. The van der Waals surface area contributed by atoms with Crippen molar-refractivity contribution in [3.05, 3.63) is 239 Å². The number of alkyl halides is 3. The van der Waals surface area contributed by atoms with Crippen LogP contribution in [-0.4, -0.2) is 9.13 Å². The van der Waals surface area contributed by atoms with Crippen LogP contribution < -0.4 is 0 Å². The Bertz CT molecular complexity index is 4070. The molecule has 352 valence electrons. The maximum absolute atomic E-state index is 15.4. The van der Waals surface area contributed by atoms with Crippen molar-refractivity contribution in [1.82, 2.24) is 9.13 Å². The van der Waals surface area contributed by atoms with Crippen molar-refractivity contribution < 1.29 is 13.2 Å². The van der Waals surface area contributed by atoms with Gasteiger partial charge in [-0.2, -0.15) is 18.4 Å². The summed E-state index contributed by atoms with van der Waals surface area (Å²) in [5, 5.41) is 15.3. The Morgan fingerprint density at radius 2 is 0.685 bits per heavy atom. The number of fused-ring (bicyclic) bond motifs is 6. The molecule has 0 radical (unpaired) electrons. The molecule has 0 aliphatic rings. The fourth-order valence-electron chi connectivity index (χ4n) is 11.3. The molecule has 0 unspecified atom stereocenters. The summed E-state index contributed by atoms with van der Waals surface area (Å²) in [7, 11) is 0. The minimum absolute atomic E-state index is 0.0211. The van der Waals surface area contributed by atoms with Crippen LogP contribution >= 0.6 is 0 Å². The fourth-order valence-corrected chi connectivity index (χ4v) is 11.3. The van der Waals surface area contributed by atoms with E-state index in [-0.39, 0.29) is 16.7 Å². The summed E-state index contributed by atoms with van der Waals surface area (Å²) in [5.74, 6) is 0. The van der Waals surface area contributed by atoms with Gasteiger partial charge in [0.2, 0.25) is 0 Å². The summed E-state index contributed by atoms with van der Waals surface area (Å²) >= 11 is 0. The minimum Gasteiger partial charge on any atom is -0.307 e. The van der Waals surface area contributed by atoms with Gasteiger partial charge in [-0.05, 0) is 155 Å². The van der Waals surface area contributed by atoms with Gasteiger partial charge in [-0.15, -0.1) is 0 Å². The van der Waals surface area contributed by atoms with Gasteiger partial charge in [-0.1, -0.05) is 158 Å². The van der Waals surface area contributed by atoms with E-state index in [4.69, 9.17) is 0 Å². The highest BCUT2D eigenvalue weighted by molar-refractivity contribution is 6.14. The van der Waals surface area contributed by atoms with Gasteiger partial charge in [0.15, 0.2) is 0 Å². The molecule has 0 saturated heterocycles. The summed E-state index contributed by atoms with van der Waals surface area (Å²) in [6.45, 7) is 10.1. The number of nitriles is 1.